The SMILES string of the molecule is C=CN1C=CC=CC=C1. The molecule has 1 nitrogen and oxygen atoms in total. The first-order chi connectivity index (χ1) is 4.43. The third-order valence-electron chi connectivity index (χ3n) is 1.06. The van der Waals surface area contributed by atoms with E-state index < -0.39 is 0 Å². The summed E-state index contributed by atoms with van der Waals surface area (Å²) in [4.78, 5) is 1.89. The second-order valence-corrected chi connectivity index (χ2v) is 1.70. The topological polar surface area (TPSA) is 3.24 Å². The van der Waals surface area contributed by atoms with Gasteiger partial charge in [-0.25, -0.2) is 0 Å². The summed E-state index contributed by atoms with van der Waals surface area (Å²) < 4.78 is 0. The minimum absolute atomic E-state index is 1.75. The summed E-state index contributed by atoms with van der Waals surface area (Å²) in [6.07, 6.45) is 13.5. The van der Waals surface area contributed by atoms with Gasteiger partial charge >= 0.3 is 0 Å². The molecule has 0 unspecified atom stereocenters. The van der Waals surface area contributed by atoms with Crippen LogP contribution in [0.2, 0.25) is 0 Å². The summed E-state index contributed by atoms with van der Waals surface area (Å²) in [5.41, 5.74) is 0. The predicted octanol–water partition coefficient (Wildman–Crippen LogP) is 2.03. The molecule has 9 heavy (non-hydrogen) atoms. The molecule has 0 spiro atoms. The van der Waals surface area contributed by atoms with Crippen molar-refractivity contribution in [3.05, 3.63) is 49.5 Å². The zero-order chi connectivity index (χ0) is 6.53. The van der Waals surface area contributed by atoms with Crippen LogP contribution in [-0.4, -0.2) is 4.90 Å². The number of rotatable bonds is 1. The fourth-order valence-corrected chi connectivity index (χ4v) is 0.598. The molecule has 0 saturated carbocycles. The molecule has 1 aliphatic rings. The lowest BCUT2D eigenvalue weighted by Gasteiger charge is -2.04. The van der Waals surface area contributed by atoms with E-state index in [-0.39, 0.29) is 0 Å². The van der Waals surface area contributed by atoms with Gasteiger partial charge in [0.2, 0.25) is 0 Å². The van der Waals surface area contributed by atoms with E-state index in [0.717, 1.165) is 0 Å². The van der Waals surface area contributed by atoms with Crippen molar-refractivity contribution >= 4 is 0 Å². The highest BCUT2D eigenvalue weighted by Gasteiger charge is 1.83. The van der Waals surface area contributed by atoms with Crippen LogP contribution >= 0.6 is 0 Å². The standard InChI is InChI=1S/C8H9N/c1-2-9-7-5-3-4-6-8-9/h2-8H,1H2. The first-order valence-electron chi connectivity index (χ1n) is 2.85. The summed E-state index contributed by atoms with van der Waals surface area (Å²) in [6, 6.07) is 0. The molecule has 0 radical (unpaired) electrons. The third kappa shape index (κ3) is 1.61. The van der Waals surface area contributed by atoms with Crippen molar-refractivity contribution in [2.45, 2.75) is 0 Å². The predicted molar refractivity (Wildman–Crippen MR) is 39.5 cm³/mol. The fraction of sp³-hybridized carbons (Fsp3) is 0. The second-order valence-electron chi connectivity index (χ2n) is 1.70. The van der Waals surface area contributed by atoms with E-state index in [1.54, 1.807) is 6.20 Å². The molecule has 0 bridgehead atoms. The van der Waals surface area contributed by atoms with E-state index in [9.17, 15) is 0 Å². The van der Waals surface area contributed by atoms with Gasteiger partial charge in [-0.2, -0.15) is 0 Å². The lowest BCUT2D eigenvalue weighted by molar-refractivity contribution is 0.697. The van der Waals surface area contributed by atoms with Crippen molar-refractivity contribution in [2.75, 3.05) is 0 Å². The highest BCUT2D eigenvalue weighted by atomic mass is 15.1. The van der Waals surface area contributed by atoms with E-state index in [4.69, 9.17) is 0 Å². The first kappa shape index (κ1) is 5.89. The van der Waals surface area contributed by atoms with E-state index in [2.05, 4.69) is 6.58 Å². The molecule has 0 aromatic carbocycles. The van der Waals surface area contributed by atoms with Crippen LogP contribution in [0.4, 0.5) is 0 Å². The lowest BCUT2D eigenvalue weighted by Crippen LogP contribution is -1.95. The van der Waals surface area contributed by atoms with Gasteiger partial charge in [-0.1, -0.05) is 18.7 Å². The van der Waals surface area contributed by atoms with Crippen LogP contribution in [0, 0.1) is 0 Å². The van der Waals surface area contributed by atoms with Gasteiger partial charge in [0.15, 0.2) is 0 Å². The van der Waals surface area contributed by atoms with Gasteiger partial charge < -0.3 is 4.90 Å². The Kier molecular flexibility index (Phi) is 1.91. The molecule has 0 aliphatic carbocycles. The molecule has 0 aromatic heterocycles. The average molecular weight is 119 g/mol. The number of hydrogen-bond acceptors (Lipinski definition) is 1. The van der Waals surface area contributed by atoms with Crippen molar-refractivity contribution in [3.8, 4) is 0 Å². The number of hydrogen-bond donors (Lipinski definition) is 0. The van der Waals surface area contributed by atoms with Crippen LogP contribution in [0.3, 0.4) is 0 Å². The first-order valence-corrected chi connectivity index (χ1v) is 2.85. The Morgan fingerprint density at radius 1 is 1.00 bits per heavy atom. The maximum atomic E-state index is 3.62. The summed E-state index contributed by atoms with van der Waals surface area (Å²) in [6.45, 7) is 3.62. The van der Waals surface area contributed by atoms with E-state index in [0.29, 0.717) is 0 Å². The Bertz CT molecular complexity index is 159. The monoisotopic (exact) mass is 119 g/mol. The molecular formula is C8H9N. The molecule has 0 atom stereocenters. The van der Waals surface area contributed by atoms with Crippen LogP contribution in [0.5, 0.6) is 0 Å². The highest BCUT2D eigenvalue weighted by molar-refractivity contribution is 5.16. The van der Waals surface area contributed by atoms with Crippen LogP contribution < -0.4 is 0 Å². The summed E-state index contributed by atoms with van der Waals surface area (Å²) in [5, 5.41) is 0. The smallest absolute Gasteiger partial charge is 0.00816 e. The largest absolute Gasteiger partial charge is 0.331 e. The molecule has 1 heteroatoms. The van der Waals surface area contributed by atoms with E-state index in [1.807, 2.05) is 41.6 Å². The molecule has 0 amide bonds. The molecule has 0 fully saturated rings. The third-order valence-corrected chi connectivity index (χ3v) is 1.06. The van der Waals surface area contributed by atoms with Gasteiger partial charge in [-0.3, -0.25) is 0 Å². The van der Waals surface area contributed by atoms with Crippen molar-refractivity contribution in [1.82, 2.24) is 4.90 Å². The Hall–Kier alpha value is -1.24. The van der Waals surface area contributed by atoms with Gasteiger partial charge in [0.1, 0.15) is 0 Å². The second kappa shape index (κ2) is 2.92. The van der Waals surface area contributed by atoms with Crippen LogP contribution in [-0.2, 0) is 0 Å². The van der Waals surface area contributed by atoms with Crippen molar-refractivity contribution in [2.24, 2.45) is 0 Å². The Labute approximate surface area is 55.3 Å². The Morgan fingerprint density at radius 2 is 1.56 bits per heavy atom. The molecule has 46 valence electrons. The zero-order valence-corrected chi connectivity index (χ0v) is 5.20. The van der Waals surface area contributed by atoms with Gasteiger partial charge in [-0.05, 0) is 12.2 Å². The molecular weight excluding hydrogens is 110 g/mol. The molecule has 0 saturated heterocycles. The lowest BCUT2D eigenvalue weighted by atomic mass is 10.5. The molecule has 1 rings (SSSR count). The minimum Gasteiger partial charge on any atom is -0.331 e. The molecule has 0 N–H and O–H groups in total. The summed E-state index contributed by atoms with van der Waals surface area (Å²) >= 11 is 0. The summed E-state index contributed by atoms with van der Waals surface area (Å²) in [5.74, 6) is 0. The Morgan fingerprint density at radius 3 is 2.00 bits per heavy atom. The van der Waals surface area contributed by atoms with Crippen LogP contribution in [0.1, 0.15) is 0 Å². The van der Waals surface area contributed by atoms with Crippen molar-refractivity contribution in [1.29, 1.82) is 0 Å². The Balaban J connectivity index is 2.69. The van der Waals surface area contributed by atoms with Crippen molar-refractivity contribution < 1.29 is 0 Å². The van der Waals surface area contributed by atoms with Crippen LogP contribution in [0.15, 0.2) is 49.5 Å². The number of nitrogens with zero attached hydrogens (tertiary/aromatic N) is 1. The maximum Gasteiger partial charge on any atom is 0.00816 e. The van der Waals surface area contributed by atoms with Crippen LogP contribution in [0.25, 0.3) is 0 Å². The minimum atomic E-state index is 1.75. The van der Waals surface area contributed by atoms with Gasteiger partial charge in [-0.15, -0.1) is 0 Å². The van der Waals surface area contributed by atoms with E-state index >= 15 is 0 Å². The fourth-order valence-electron chi connectivity index (χ4n) is 0.598. The van der Waals surface area contributed by atoms with Gasteiger partial charge in [0, 0.05) is 18.6 Å². The zero-order valence-electron chi connectivity index (χ0n) is 5.20. The maximum absolute atomic E-state index is 3.62. The van der Waals surface area contributed by atoms with Crippen molar-refractivity contribution in [3.63, 3.8) is 0 Å². The van der Waals surface area contributed by atoms with E-state index in [1.165, 1.54) is 0 Å². The molecule has 1 aliphatic heterocycles. The average Bonchev–Trinajstić information content (AvgIpc) is 2.13. The normalized spacial score (nSPS) is 15.8. The quantitative estimate of drug-likeness (QED) is 0.510. The van der Waals surface area contributed by atoms with Gasteiger partial charge in [0.25, 0.3) is 0 Å². The highest BCUT2D eigenvalue weighted by Crippen LogP contribution is 1.96. The number of allylic oxidation sites excluding steroid dienone is 4. The summed E-state index contributed by atoms with van der Waals surface area (Å²) in [7, 11) is 0. The van der Waals surface area contributed by atoms with Gasteiger partial charge in [0.05, 0.1) is 0 Å². The molecule has 1 heterocycles. The molecule has 0 aromatic rings.